The van der Waals surface area contributed by atoms with Crippen molar-refractivity contribution in [3.05, 3.63) is 32.7 Å². The van der Waals surface area contributed by atoms with E-state index in [9.17, 15) is 0 Å². The molecule has 0 radical (unpaired) electrons. The third kappa shape index (κ3) is 2.53. The summed E-state index contributed by atoms with van der Waals surface area (Å²) in [5.41, 5.74) is 1.43. The van der Waals surface area contributed by atoms with Gasteiger partial charge >= 0.3 is 0 Å². The number of nitrogens with one attached hydrogen (secondary N) is 1. The van der Waals surface area contributed by atoms with E-state index in [-0.39, 0.29) is 0 Å². The zero-order valence-corrected chi connectivity index (χ0v) is 15.7. The Balaban J connectivity index is 1.68. The molecule has 1 atom stereocenters. The van der Waals surface area contributed by atoms with Crippen LogP contribution in [0.4, 0.5) is 0 Å². The minimum Gasteiger partial charge on any atom is -0.313 e. The van der Waals surface area contributed by atoms with E-state index in [2.05, 4.69) is 62.4 Å². The van der Waals surface area contributed by atoms with Crippen molar-refractivity contribution in [2.75, 3.05) is 7.05 Å². The first kappa shape index (κ1) is 14.7. The lowest BCUT2D eigenvalue weighted by Crippen LogP contribution is -2.49. The smallest absolute Gasteiger partial charge is 0.0363 e. The fourth-order valence-electron chi connectivity index (χ4n) is 5.82. The van der Waals surface area contributed by atoms with Crippen molar-refractivity contribution in [1.82, 2.24) is 5.32 Å². The Morgan fingerprint density at radius 3 is 2.19 bits per heavy atom. The minimum absolute atomic E-state index is 0.492. The van der Waals surface area contributed by atoms with Crippen LogP contribution >= 0.6 is 31.9 Å². The van der Waals surface area contributed by atoms with Gasteiger partial charge in [-0.15, -0.1) is 0 Å². The molecule has 0 heterocycles. The maximum Gasteiger partial charge on any atom is 0.0363 e. The van der Waals surface area contributed by atoms with Crippen LogP contribution in [0.1, 0.15) is 43.7 Å². The van der Waals surface area contributed by atoms with E-state index in [0.29, 0.717) is 6.04 Å². The average molecular weight is 413 g/mol. The molecule has 0 saturated heterocycles. The fraction of sp³-hybridized carbons (Fsp3) is 0.667. The Hall–Kier alpha value is 0.140. The number of benzene rings is 1. The summed E-state index contributed by atoms with van der Waals surface area (Å²) in [6.45, 7) is 0. The summed E-state index contributed by atoms with van der Waals surface area (Å²) in [7, 11) is 2.14. The Kier molecular flexibility index (Phi) is 3.96. The van der Waals surface area contributed by atoms with Gasteiger partial charge in [-0.3, -0.25) is 0 Å². The molecule has 4 fully saturated rings. The van der Waals surface area contributed by atoms with Gasteiger partial charge in [0.15, 0.2) is 0 Å². The van der Waals surface area contributed by atoms with Crippen LogP contribution in [-0.4, -0.2) is 7.05 Å². The molecule has 5 rings (SSSR count). The highest BCUT2D eigenvalue weighted by atomic mass is 79.9. The lowest BCUT2D eigenvalue weighted by Gasteiger charge is -2.56. The Morgan fingerprint density at radius 1 is 1.00 bits per heavy atom. The van der Waals surface area contributed by atoms with Crippen LogP contribution in [0.3, 0.4) is 0 Å². The van der Waals surface area contributed by atoms with Gasteiger partial charge in [-0.1, -0.05) is 31.9 Å². The van der Waals surface area contributed by atoms with Gasteiger partial charge < -0.3 is 5.32 Å². The maximum absolute atomic E-state index is 3.78. The van der Waals surface area contributed by atoms with Gasteiger partial charge in [-0.2, -0.15) is 0 Å². The summed E-state index contributed by atoms with van der Waals surface area (Å²) in [5, 5.41) is 3.66. The zero-order valence-electron chi connectivity index (χ0n) is 12.5. The number of hydrogen-bond acceptors (Lipinski definition) is 1. The SMILES string of the molecule is CNC(c1cc(Br)ccc1Br)C1C2CC3CC(C2)CC1C3. The van der Waals surface area contributed by atoms with Crippen LogP contribution in [0.15, 0.2) is 27.1 Å². The molecule has 4 aliphatic rings. The molecule has 3 heteroatoms. The molecule has 1 unspecified atom stereocenters. The molecular formula is C18H23Br2N. The molecule has 1 N–H and O–H groups in total. The first-order valence-electron chi connectivity index (χ1n) is 8.28. The monoisotopic (exact) mass is 411 g/mol. The molecule has 1 nitrogen and oxygen atoms in total. The van der Waals surface area contributed by atoms with Crippen LogP contribution in [0.25, 0.3) is 0 Å². The number of rotatable bonds is 3. The highest BCUT2D eigenvalue weighted by Crippen LogP contribution is 2.59. The molecule has 0 spiro atoms. The van der Waals surface area contributed by atoms with Gasteiger partial charge in [0.25, 0.3) is 0 Å². The summed E-state index contributed by atoms with van der Waals surface area (Å²) in [6.07, 6.45) is 7.48. The molecule has 4 bridgehead atoms. The topological polar surface area (TPSA) is 12.0 Å². The second-order valence-electron chi connectivity index (χ2n) is 7.44. The van der Waals surface area contributed by atoms with Gasteiger partial charge in [0.2, 0.25) is 0 Å². The van der Waals surface area contributed by atoms with E-state index in [0.717, 1.165) is 29.6 Å². The van der Waals surface area contributed by atoms with Crippen LogP contribution in [0.5, 0.6) is 0 Å². The van der Waals surface area contributed by atoms with Crippen LogP contribution in [-0.2, 0) is 0 Å². The van der Waals surface area contributed by atoms with Crippen LogP contribution in [0.2, 0.25) is 0 Å². The molecule has 0 amide bonds. The first-order valence-corrected chi connectivity index (χ1v) is 9.86. The van der Waals surface area contributed by atoms with E-state index >= 15 is 0 Å². The van der Waals surface area contributed by atoms with Gasteiger partial charge in [0.1, 0.15) is 0 Å². The van der Waals surface area contributed by atoms with Crippen molar-refractivity contribution >= 4 is 31.9 Å². The normalized spacial score (nSPS) is 38.7. The summed E-state index contributed by atoms with van der Waals surface area (Å²) >= 11 is 7.43. The second kappa shape index (κ2) is 5.65. The zero-order chi connectivity index (χ0) is 14.6. The predicted molar refractivity (Wildman–Crippen MR) is 94.2 cm³/mol. The molecule has 1 aromatic rings. The van der Waals surface area contributed by atoms with Crippen LogP contribution < -0.4 is 5.32 Å². The summed E-state index contributed by atoms with van der Waals surface area (Å²) in [6, 6.07) is 7.10. The molecule has 0 aliphatic heterocycles. The average Bonchev–Trinajstić information content (AvgIpc) is 2.45. The Labute approximate surface area is 144 Å². The molecule has 4 saturated carbocycles. The number of hydrogen-bond donors (Lipinski definition) is 1. The molecule has 21 heavy (non-hydrogen) atoms. The summed E-state index contributed by atoms with van der Waals surface area (Å²) in [5.74, 6) is 4.82. The van der Waals surface area contributed by atoms with E-state index in [1.807, 2.05) is 0 Å². The highest BCUT2D eigenvalue weighted by molar-refractivity contribution is 9.11. The lowest BCUT2D eigenvalue weighted by molar-refractivity contribution is -0.0516. The van der Waals surface area contributed by atoms with E-state index < -0.39 is 0 Å². The van der Waals surface area contributed by atoms with Gasteiger partial charge in [0.05, 0.1) is 0 Å². The van der Waals surface area contributed by atoms with Crippen LogP contribution in [0, 0.1) is 29.6 Å². The van der Waals surface area contributed by atoms with Crippen molar-refractivity contribution in [3.8, 4) is 0 Å². The lowest BCUT2D eigenvalue weighted by atomic mass is 9.50. The standard InChI is InChI=1S/C18H23Br2N/c1-21-18(15-9-14(19)2-3-16(15)20)17-12-5-10-4-11(7-12)8-13(17)6-10/h2-3,9-13,17-18,21H,4-8H2,1H3. The number of halogens is 2. The van der Waals surface area contributed by atoms with Crippen molar-refractivity contribution < 1.29 is 0 Å². The Morgan fingerprint density at radius 2 is 1.62 bits per heavy atom. The van der Waals surface area contributed by atoms with Crippen molar-refractivity contribution in [1.29, 1.82) is 0 Å². The second-order valence-corrected chi connectivity index (χ2v) is 9.21. The molecule has 1 aromatic carbocycles. The molecular weight excluding hydrogens is 390 g/mol. The molecule has 114 valence electrons. The van der Waals surface area contributed by atoms with E-state index in [1.165, 1.54) is 46.6 Å². The Bertz CT molecular complexity index is 514. The van der Waals surface area contributed by atoms with Crippen molar-refractivity contribution in [2.45, 2.75) is 38.1 Å². The minimum atomic E-state index is 0.492. The fourth-order valence-corrected chi connectivity index (χ4v) is 6.69. The first-order chi connectivity index (χ1) is 10.2. The quantitative estimate of drug-likeness (QED) is 0.686. The van der Waals surface area contributed by atoms with E-state index in [1.54, 1.807) is 0 Å². The van der Waals surface area contributed by atoms with Crippen molar-refractivity contribution in [3.63, 3.8) is 0 Å². The third-order valence-corrected chi connectivity index (χ3v) is 7.50. The van der Waals surface area contributed by atoms with Crippen molar-refractivity contribution in [2.24, 2.45) is 29.6 Å². The molecule has 4 aliphatic carbocycles. The van der Waals surface area contributed by atoms with Gasteiger partial charge in [0, 0.05) is 15.0 Å². The summed E-state index contributed by atoms with van der Waals surface area (Å²) in [4.78, 5) is 0. The van der Waals surface area contributed by atoms with Gasteiger partial charge in [-0.05, 0) is 92.5 Å². The highest BCUT2D eigenvalue weighted by Gasteiger charge is 2.50. The largest absolute Gasteiger partial charge is 0.313 e. The van der Waals surface area contributed by atoms with Gasteiger partial charge in [-0.25, -0.2) is 0 Å². The summed E-state index contributed by atoms with van der Waals surface area (Å²) < 4.78 is 2.43. The maximum atomic E-state index is 3.78. The molecule has 0 aromatic heterocycles. The predicted octanol–water partition coefficient (Wildman–Crippen LogP) is 5.54. The third-order valence-electron chi connectivity index (χ3n) is 6.29. The van der Waals surface area contributed by atoms with E-state index in [4.69, 9.17) is 0 Å².